The van der Waals surface area contributed by atoms with Crippen molar-refractivity contribution in [2.24, 2.45) is 0 Å². The van der Waals surface area contributed by atoms with Crippen LogP contribution in [0.3, 0.4) is 0 Å². The molecule has 66 valence electrons. The average molecular weight is 261 g/mol. The Bertz CT molecular complexity index is 475. The highest BCUT2D eigenvalue weighted by Crippen LogP contribution is 2.26. The van der Waals surface area contributed by atoms with Gasteiger partial charge in [-0.15, -0.1) is 0 Å². The first-order valence-corrected chi connectivity index (χ1v) is 4.61. The first kappa shape index (κ1) is 8.84. The van der Waals surface area contributed by atoms with Gasteiger partial charge < -0.3 is 0 Å². The van der Waals surface area contributed by atoms with Gasteiger partial charge in [0.1, 0.15) is 17.3 Å². The maximum absolute atomic E-state index is 12.9. The Morgan fingerprint density at radius 1 is 1.31 bits per heavy atom. The summed E-state index contributed by atoms with van der Waals surface area (Å²) in [4.78, 5) is 7.73. The summed E-state index contributed by atoms with van der Waals surface area (Å²) in [7, 11) is 0. The van der Waals surface area contributed by atoms with Crippen LogP contribution in [0, 0.1) is 5.82 Å². The number of aromatic nitrogens is 2. The molecule has 0 atom stereocenters. The van der Waals surface area contributed by atoms with Gasteiger partial charge in [0.25, 0.3) is 0 Å². The van der Waals surface area contributed by atoms with Gasteiger partial charge in [-0.25, -0.2) is 14.4 Å². The van der Waals surface area contributed by atoms with Crippen LogP contribution in [0.15, 0.2) is 22.9 Å². The van der Waals surface area contributed by atoms with Gasteiger partial charge >= 0.3 is 0 Å². The molecule has 0 aliphatic carbocycles. The first-order valence-electron chi connectivity index (χ1n) is 3.44. The predicted molar refractivity (Wildman–Crippen MR) is 52.2 cm³/mol. The van der Waals surface area contributed by atoms with Gasteiger partial charge in [-0.3, -0.25) is 0 Å². The summed E-state index contributed by atoms with van der Waals surface area (Å²) in [6.45, 7) is 0. The summed E-state index contributed by atoms with van der Waals surface area (Å²) < 4.78 is 13.5. The third kappa shape index (κ3) is 1.51. The summed E-state index contributed by atoms with van der Waals surface area (Å²) in [6, 6.07) is 2.65. The predicted octanol–water partition coefficient (Wildman–Crippen LogP) is 3.18. The average Bonchev–Trinajstić information content (AvgIpc) is 2.07. The molecule has 0 saturated carbocycles. The van der Waals surface area contributed by atoms with Crippen LogP contribution in [0.1, 0.15) is 0 Å². The molecular formula is C8H3BrClFN2. The first-order chi connectivity index (χ1) is 6.18. The second-order valence-corrected chi connectivity index (χ2v) is 3.66. The molecule has 0 aliphatic rings. The molecule has 1 aromatic heterocycles. The normalized spacial score (nSPS) is 10.7. The number of nitrogens with zero attached hydrogens (tertiary/aromatic N) is 2. The van der Waals surface area contributed by atoms with E-state index in [-0.39, 0.29) is 11.0 Å². The molecule has 0 N–H and O–H groups in total. The Hall–Kier alpha value is -0.740. The van der Waals surface area contributed by atoms with Gasteiger partial charge in [0.2, 0.25) is 0 Å². The number of hydrogen-bond donors (Lipinski definition) is 0. The van der Waals surface area contributed by atoms with Crippen LogP contribution in [0.5, 0.6) is 0 Å². The highest BCUT2D eigenvalue weighted by Gasteiger charge is 2.06. The molecule has 0 bridgehead atoms. The number of benzene rings is 1. The van der Waals surface area contributed by atoms with E-state index in [1.807, 2.05) is 0 Å². The van der Waals surface area contributed by atoms with E-state index in [0.717, 1.165) is 0 Å². The summed E-state index contributed by atoms with van der Waals surface area (Å²) in [5.74, 6) is -0.365. The molecule has 2 aromatic rings. The van der Waals surface area contributed by atoms with E-state index in [1.165, 1.54) is 18.5 Å². The molecule has 0 radical (unpaired) electrons. The molecule has 0 unspecified atom stereocenters. The maximum atomic E-state index is 12.9. The van der Waals surface area contributed by atoms with Crippen molar-refractivity contribution in [3.05, 3.63) is 33.9 Å². The third-order valence-corrected chi connectivity index (χ3v) is 2.51. The molecular weight excluding hydrogens is 258 g/mol. The van der Waals surface area contributed by atoms with Gasteiger partial charge in [-0.2, -0.15) is 0 Å². The number of halogens is 3. The van der Waals surface area contributed by atoms with E-state index in [4.69, 9.17) is 11.6 Å². The minimum absolute atomic E-state index is 0.255. The van der Waals surface area contributed by atoms with E-state index in [1.54, 1.807) is 0 Å². The maximum Gasteiger partial charge on any atom is 0.140 e. The van der Waals surface area contributed by atoms with E-state index < -0.39 is 0 Å². The van der Waals surface area contributed by atoms with Crippen molar-refractivity contribution in [2.75, 3.05) is 0 Å². The highest BCUT2D eigenvalue weighted by atomic mass is 79.9. The molecule has 5 heteroatoms. The minimum Gasteiger partial charge on any atom is -0.235 e. The molecule has 0 saturated heterocycles. The number of fused-ring (bicyclic) bond motifs is 1. The largest absolute Gasteiger partial charge is 0.235 e. The summed E-state index contributed by atoms with van der Waals surface area (Å²) >= 11 is 8.96. The smallest absolute Gasteiger partial charge is 0.140 e. The van der Waals surface area contributed by atoms with Crippen molar-refractivity contribution in [1.82, 2.24) is 9.97 Å². The molecule has 2 rings (SSSR count). The topological polar surface area (TPSA) is 25.8 Å². The highest BCUT2D eigenvalue weighted by molar-refractivity contribution is 9.10. The molecule has 0 fully saturated rings. The quantitative estimate of drug-likeness (QED) is 0.681. The molecule has 1 aromatic carbocycles. The van der Waals surface area contributed by atoms with Crippen LogP contribution in [0.25, 0.3) is 10.9 Å². The lowest BCUT2D eigenvalue weighted by Gasteiger charge is -2.00. The second kappa shape index (κ2) is 3.20. The molecule has 0 aliphatic heterocycles. The van der Waals surface area contributed by atoms with Crippen LogP contribution < -0.4 is 0 Å². The zero-order valence-electron chi connectivity index (χ0n) is 6.26. The standard InChI is InChI=1S/C8H3BrClFN2/c9-6-2-4(11)1-5-7(6)12-3-13-8(5)10/h1-3H. The fourth-order valence-electron chi connectivity index (χ4n) is 1.06. The Morgan fingerprint density at radius 2 is 2.08 bits per heavy atom. The molecule has 0 amide bonds. The number of rotatable bonds is 0. The third-order valence-electron chi connectivity index (χ3n) is 1.61. The second-order valence-electron chi connectivity index (χ2n) is 2.45. The van der Waals surface area contributed by atoms with Gasteiger partial charge in [0.05, 0.1) is 5.52 Å². The van der Waals surface area contributed by atoms with Gasteiger partial charge in [0.15, 0.2) is 0 Å². The minimum atomic E-state index is -0.365. The zero-order chi connectivity index (χ0) is 9.42. The summed E-state index contributed by atoms with van der Waals surface area (Å²) in [5.41, 5.74) is 0.612. The monoisotopic (exact) mass is 260 g/mol. The lowest BCUT2D eigenvalue weighted by Crippen LogP contribution is -1.86. The fraction of sp³-hybridized carbons (Fsp3) is 0. The van der Waals surface area contributed by atoms with E-state index in [0.29, 0.717) is 15.4 Å². The Labute approximate surface area is 86.9 Å². The molecule has 1 heterocycles. The van der Waals surface area contributed by atoms with E-state index in [2.05, 4.69) is 25.9 Å². The fourth-order valence-corrected chi connectivity index (χ4v) is 1.78. The van der Waals surface area contributed by atoms with Crippen LogP contribution >= 0.6 is 27.5 Å². The van der Waals surface area contributed by atoms with Crippen molar-refractivity contribution < 1.29 is 4.39 Å². The SMILES string of the molecule is Fc1cc(Br)c2ncnc(Cl)c2c1. The summed E-state index contributed by atoms with van der Waals surface area (Å²) in [6.07, 6.45) is 1.34. The van der Waals surface area contributed by atoms with Crippen molar-refractivity contribution in [1.29, 1.82) is 0 Å². The van der Waals surface area contributed by atoms with Crippen molar-refractivity contribution >= 4 is 38.4 Å². The van der Waals surface area contributed by atoms with Crippen LogP contribution in [-0.2, 0) is 0 Å². The Morgan fingerprint density at radius 3 is 2.85 bits per heavy atom. The molecule has 2 nitrogen and oxygen atoms in total. The van der Waals surface area contributed by atoms with Crippen LogP contribution in [-0.4, -0.2) is 9.97 Å². The summed E-state index contributed by atoms with van der Waals surface area (Å²) in [5, 5.41) is 0.765. The van der Waals surface area contributed by atoms with E-state index >= 15 is 0 Å². The van der Waals surface area contributed by atoms with Crippen molar-refractivity contribution in [2.45, 2.75) is 0 Å². The zero-order valence-corrected chi connectivity index (χ0v) is 8.60. The van der Waals surface area contributed by atoms with Gasteiger partial charge in [-0.1, -0.05) is 11.6 Å². The van der Waals surface area contributed by atoms with Crippen LogP contribution in [0.4, 0.5) is 4.39 Å². The lowest BCUT2D eigenvalue weighted by atomic mass is 10.2. The lowest BCUT2D eigenvalue weighted by molar-refractivity contribution is 0.629. The molecule has 13 heavy (non-hydrogen) atoms. The molecule has 0 spiro atoms. The Kier molecular flexibility index (Phi) is 2.17. The van der Waals surface area contributed by atoms with Crippen molar-refractivity contribution in [3.63, 3.8) is 0 Å². The van der Waals surface area contributed by atoms with Crippen molar-refractivity contribution in [3.8, 4) is 0 Å². The van der Waals surface area contributed by atoms with Gasteiger partial charge in [0, 0.05) is 9.86 Å². The Balaban J connectivity index is 2.94. The van der Waals surface area contributed by atoms with Gasteiger partial charge in [-0.05, 0) is 28.1 Å². The van der Waals surface area contributed by atoms with Crippen LogP contribution in [0.2, 0.25) is 5.15 Å². The van der Waals surface area contributed by atoms with E-state index in [9.17, 15) is 4.39 Å². The number of hydrogen-bond acceptors (Lipinski definition) is 2.